The number of rotatable bonds is 8. The highest BCUT2D eigenvalue weighted by Crippen LogP contribution is 2.40. The summed E-state index contributed by atoms with van der Waals surface area (Å²) in [5.41, 5.74) is 1.18. The lowest BCUT2D eigenvalue weighted by Gasteiger charge is -2.41. The topological polar surface area (TPSA) is 91.3 Å². The van der Waals surface area contributed by atoms with Crippen LogP contribution in [-0.4, -0.2) is 102 Å². The molecule has 0 amide bonds. The molecule has 1 aromatic heterocycles. The van der Waals surface area contributed by atoms with Crippen LogP contribution >= 0.6 is 0 Å². The smallest absolute Gasteiger partial charge is 0.319 e. The Morgan fingerprint density at radius 1 is 1.02 bits per heavy atom. The number of aromatic hydroxyl groups is 1. The van der Waals surface area contributed by atoms with E-state index in [0.29, 0.717) is 61.8 Å². The lowest BCUT2D eigenvalue weighted by atomic mass is 9.96. The van der Waals surface area contributed by atoms with E-state index in [-0.39, 0.29) is 47.1 Å². The summed E-state index contributed by atoms with van der Waals surface area (Å²) in [6.45, 7) is 4.51. The first-order valence-corrected chi connectivity index (χ1v) is 16.6. The summed E-state index contributed by atoms with van der Waals surface area (Å²) in [5.74, 6) is 0.553. The van der Waals surface area contributed by atoms with Gasteiger partial charge in [0, 0.05) is 54.7 Å². The quantitative estimate of drug-likeness (QED) is 0.290. The average molecular weight is 626 g/mol. The van der Waals surface area contributed by atoms with Gasteiger partial charge in [-0.3, -0.25) is 9.69 Å². The number of carbonyl (C=O) groups is 1. The monoisotopic (exact) mass is 625 g/mol. The number of phenolic OH excluding ortho intramolecular Hbond substituents is 1. The predicted octanol–water partition coefficient (Wildman–Crippen LogP) is 5.03. The number of ether oxygens (including phenoxy) is 2. The number of Topliss-reactive ketones (excluding diaryl/α,β-unsaturated/α-hetero) is 1. The Kier molecular flexibility index (Phi) is 7.74. The zero-order valence-electron chi connectivity index (χ0n) is 26.2. The summed E-state index contributed by atoms with van der Waals surface area (Å²) in [4.78, 5) is 29.6. The summed E-state index contributed by atoms with van der Waals surface area (Å²) < 4.78 is 28.5. The van der Waals surface area contributed by atoms with Gasteiger partial charge in [-0.15, -0.1) is 0 Å². The number of ketones is 1. The lowest BCUT2D eigenvalue weighted by Crippen LogP contribution is -2.55. The fraction of sp³-hybridized carbons (Fsp3) is 0.472. The number of anilines is 1. The molecule has 2 bridgehead atoms. The number of hydrogen-bond acceptors (Lipinski definition) is 9. The van der Waals surface area contributed by atoms with Gasteiger partial charge in [0.05, 0.1) is 13.2 Å². The van der Waals surface area contributed by atoms with Gasteiger partial charge in [-0.1, -0.05) is 30.3 Å². The molecule has 46 heavy (non-hydrogen) atoms. The van der Waals surface area contributed by atoms with Crippen LogP contribution in [-0.2, 0) is 9.53 Å². The number of fused-ring (bicyclic) bond motifs is 4. The first-order chi connectivity index (χ1) is 22.4. The number of carbonyl (C=O) groups excluding carboxylic acids is 1. The summed E-state index contributed by atoms with van der Waals surface area (Å²) >= 11 is 0. The summed E-state index contributed by atoms with van der Waals surface area (Å²) in [6.07, 6.45) is 5.00. The Morgan fingerprint density at radius 2 is 1.85 bits per heavy atom. The summed E-state index contributed by atoms with van der Waals surface area (Å²) in [6, 6.07) is 15.5. The molecular formula is C36H40FN5O4. The first-order valence-electron chi connectivity index (χ1n) is 16.6. The van der Waals surface area contributed by atoms with Crippen molar-refractivity contribution in [3.63, 3.8) is 0 Å². The van der Waals surface area contributed by atoms with Gasteiger partial charge in [0.25, 0.3) is 0 Å². The second-order valence-electron chi connectivity index (χ2n) is 13.4. The number of likely N-dealkylation sites (N-methyl/N-ethyl adjacent to an activating group) is 1. The van der Waals surface area contributed by atoms with Crippen molar-refractivity contribution in [2.24, 2.45) is 5.92 Å². The lowest BCUT2D eigenvalue weighted by molar-refractivity contribution is -0.124. The fourth-order valence-electron chi connectivity index (χ4n) is 8.04. The minimum Gasteiger partial charge on any atom is -0.508 e. The Balaban J connectivity index is 1.16. The van der Waals surface area contributed by atoms with Crippen molar-refractivity contribution < 1.29 is 23.8 Å². The number of aromatic nitrogens is 2. The third-order valence-corrected chi connectivity index (χ3v) is 10.6. The van der Waals surface area contributed by atoms with E-state index >= 15 is 4.39 Å². The highest BCUT2D eigenvalue weighted by molar-refractivity contribution is 6.01. The zero-order chi connectivity index (χ0) is 31.4. The molecule has 4 atom stereocenters. The van der Waals surface area contributed by atoms with E-state index < -0.39 is 5.82 Å². The third kappa shape index (κ3) is 5.36. The predicted molar refractivity (Wildman–Crippen MR) is 175 cm³/mol. The molecule has 1 unspecified atom stereocenters. The molecule has 4 fully saturated rings. The van der Waals surface area contributed by atoms with Crippen LogP contribution in [0.15, 0.2) is 48.5 Å². The van der Waals surface area contributed by atoms with Gasteiger partial charge < -0.3 is 24.4 Å². The van der Waals surface area contributed by atoms with Crippen molar-refractivity contribution in [2.75, 3.05) is 57.9 Å². The number of nitrogens with zero attached hydrogens (tertiary/aromatic N) is 5. The van der Waals surface area contributed by atoms with Crippen molar-refractivity contribution in [3.8, 4) is 22.9 Å². The van der Waals surface area contributed by atoms with Crippen molar-refractivity contribution in [3.05, 3.63) is 54.3 Å². The normalized spacial score (nSPS) is 25.2. The molecule has 0 aliphatic carbocycles. The molecule has 4 aromatic rings. The van der Waals surface area contributed by atoms with Crippen molar-refractivity contribution in [1.29, 1.82) is 0 Å². The molecule has 9 nitrogen and oxygen atoms in total. The van der Waals surface area contributed by atoms with Crippen molar-refractivity contribution >= 4 is 33.3 Å². The molecular weight excluding hydrogens is 585 g/mol. The Bertz CT molecular complexity index is 1780. The van der Waals surface area contributed by atoms with Gasteiger partial charge >= 0.3 is 6.01 Å². The van der Waals surface area contributed by atoms with Crippen LogP contribution in [0.1, 0.15) is 32.1 Å². The molecule has 10 heteroatoms. The Hall–Kier alpha value is -3.86. The van der Waals surface area contributed by atoms with Crippen molar-refractivity contribution in [2.45, 2.75) is 50.2 Å². The van der Waals surface area contributed by atoms with Crippen LogP contribution in [0.5, 0.6) is 11.8 Å². The van der Waals surface area contributed by atoms with Gasteiger partial charge in [-0.25, -0.2) is 4.39 Å². The maximum atomic E-state index is 16.8. The second kappa shape index (κ2) is 12.1. The zero-order valence-corrected chi connectivity index (χ0v) is 26.2. The number of halogens is 1. The number of benzene rings is 3. The van der Waals surface area contributed by atoms with Crippen LogP contribution < -0.4 is 9.64 Å². The second-order valence-corrected chi connectivity index (χ2v) is 13.4. The van der Waals surface area contributed by atoms with E-state index in [1.165, 1.54) is 0 Å². The van der Waals surface area contributed by atoms with Crippen LogP contribution in [0.4, 0.5) is 10.2 Å². The molecule has 8 rings (SSSR count). The number of hydrogen-bond donors (Lipinski definition) is 1. The van der Waals surface area contributed by atoms with E-state index in [0.717, 1.165) is 49.4 Å². The van der Waals surface area contributed by atoms with Gasteiger partial charge in [0.2, 0.25) is 0 Å². The molecule has 3 aromatic carbocycles. The average Bonchev–Trinajstić information content (AvgIpc) is 3.79. The van der Waals surface area contributed by atoms with Crippen LogP contribution in [0.2, 0.25) is 0 Å². The highest BCUT2D eigenvalue weighted by atomic mass is 19.1. The van der Waals surface area contributed by atoms with E-state index in [9.17, 15) is 9.90 Å². The number of likely N-dealkylation sites (tertiary alicyclic amines) is 1. The molecule has 240 valence electrons. The van der Waals surface area contributed by atoms with Crippen molar-refractivity contribution in [1.82, 2.24) is 19.8 Å². The van der Waals surface area contributed by atoms with Gasteiger partial charge in [-0.05, 0) is 80.2 Å². The maximum Gasteiger partial charge on any atom is 0.319 e. The molecule has 0 spiro atoms. The maximum absolute atomic E-state index is 16.8. The molecule has 0 radical (unpaired) electrons. The largest absolute Gasteiger partial charge is 0.508 e. The van der Waals surface area contributed by atoms with Crippen LogP contribution in [0.3, 0.4) is 0 Å². The third-order valence-electron chi connectivity index (χ3n) is 10.6. The molecule has 0 saturated carbocycles. The molecule has 5 heterocycles. The minimum absolute atomic E-state index is 0.00248. The highest BCUT2D eigenvalue weighted by Gasteiger charge is 2.42. The van der Waals surface area contributed by atoms with E-state index in [1.807, 2.05) is 30.3 Å². The standard InChI is InChI=1S/C36H40FN5O4/c1-40-13-4-6-26(40)21-46-36-38-34-30(11-10-29(33(34)37)31-16-27(43)15-22-5-2-3-7-28(22)31)35(39-36)41-17-24-8-9-25(18-41)42(24)19-32(44)23-12-14-45-20-23/h2-3,5,7,10-11,15-16,23-26,43H,4,6,8-9,12-14,17-21H2,1H3/t23?,24-,25+,26-/m0/s1. The molecule has 4 aliphatic heterocycles. The van der Waals surface area contributed by atoms with E-state index in [1.54, 1.807) is 18.2 Å². The van der Waals surface area contributed by atoms with Gasteiger partial charge in [-0.2, -0.15) is 9.97 Å². The molecule has 4 saturated heterocycles. The van der Waals surface area contributed by atoms with Crippen LogP contribution in [0, 0.1) is 11.7 Å². The van der Waals surface area contributed by atoms with Gasteiger partial charge in [0.15, 0.2) is 11.6 Å². The summed E-state index contributed by atoms with van der Waals surface area (Å²) in [5, 5.41) is 12.8. The Labute approximate surface area is 267 Å². The van der Waals surface area contributed by atoms with E-state index in [4.69, 9.17) is 14.5 Å². The molecule has 4 aliphatic rings. The fourth-order valence-corrected chi connectivity index (χ4v) is 8.04. The SMILES string of the molecule is CN1CCC[C@H]1COc1nc(N2C[C@H]3CC[C@@H](C2)N3CC(=O)C2CCOC2)c2ccc(-c3cc(O)cc4ccccc34)c(F)c2n1. The number of phenols is 1. The first kappa shape index (κ1) is 29.5. The molecule has 1 N–H and O–H groups in total. The Morgan fingerprint density at radius 3 is 2.61 bits per heavy atom. The van der Waals surface area contributed by atoms with Gasteiger partial charge in [0.1, 0.15) is 23.7 Å². The number of piperazine rings is 1. The van der Waals surface area contributed by atoms with E-state index in [2.05, 4.69) is 26.7 Å². The van der Waals surface area contributed by atoms with Crippen LogP contribution in [0.25, 0.3) is 32.8 Å². The minimum atomic E-state index is -0.467. The summed E-state index contributed by atoms with van der Waals surface area (Å²) in [7, 11) is 2.10.